The molecule has 4 saturated heterocycles. The lowest BCUT2D eigenvalue weighted by atomic mass is 9.62. The quantitative estimate of drug-likeness (QED) is 0.0498. The summed E-state index contributed by atoms with van der Waals surface area (Å²) in [6.07, 6.45) is 2.91. The summed E-state index contributed by atoms with van der Waals surface area (Å²) in [6.45, 7) is 24.9. The van der Waals surface area contributed by atoms with Gasteiger partial charge in [-0.25, -0.2) is 19.0 Å². The number of likely N-dealkylation sites (N-methyl/N-ethyl adjacent to an activating group) is 1. The molecule has 3 aromatic rings. The summed E-state index contributed by atoms with van der Waals surface area (Å²) < 4.78 is 62.3. The molecule has 4 fully saturated rings. The molecule has 2 aromatic heterocycles. The van der Waals surface area contributed by atoms with Crippen LogP contribution in [-0.2, 0) is 54.0 Å². The minimum atomic E-state index is -1.28. The molecule has 4 aliphatic heterocycles. The number of ether oxygens (including phenoxy) is 7. The largest absolute Gasteiger partial charge is 0.462 e. The number of nitrogens with one attached hydrogen (secondary N) is 1. The van der Waals surface area contributed by atoms with Gasteiger partial charge < -0.3 is 65.1 Å². The van der Waals surface area contributed by atoms with E-state index in [4.69, 9.17) is 44.6 Å². The van der Waals surface area contributed by atoms with Crippen molar-refractivity contribution in [2.45, 2.75) is 194 Å². The molecule has 7 rings (SSSR count). The monoisotopic (exact) mass is 1220 g/mol. The van der Waals surface area contributed by atoms with Gasteiger partial charge in [-0.1, -0.05) is 97.0 Å². The number of aliphatic hydroxyl groups is 2. The molecule has 7 N–H and O–H groups in total. The molecule has 1 aromatic carbocycles. The van der Waals surface area contributed by atoms with Crippen LogP contribution >= 0.6 is 0 Å². The Morgan fingerprint density at radius 3 is 2.25 bits per heavy atom. The van der Waals surface area contributed by atoms with Crippen LogP contribution in [0.2, 0.25) is 0 Å². The average molecular weight is 1220 g/mol. The van der Waals surface area contributed by atoms with Crippen molar-refractivity contribution < 1.29 is 62.1 Å². The van der Waals surface area contributed by atoms with E-state index in [0.717, 1.165) is 16.7 Å². The molecule has 4 aliphatic rings. The number of ketones is 1. The smallest absolute Gasteiger partial charge is 0.309 e. The minimum Gasteiger partial charge on any atom is -0.462 e. The number of allylic oxidation sites excluding steroid dienone is 1. The van der Waals surface area contributed by atoms with Crippen LogP contribution in [0.4, 0.5) is 10.3 Å². The number of aliphatic hydroxyl groups excluding tert-OH is 2. The third-order valence-electron chi connectivity index (χ3n) is 20.1. The van der Waals surface area contributed by atoms with Crippen LogP contribution in [0.15, 0.2) is 55.0 Å². The van der Waals surface area contributed by atoms with Gasteiger partial charge in [0, 0.05) is 104 Å². The molecule has 6 heterocycles. The van der Waals surface area contributed by atoms with E-state index in [1.165, 1.54) is 11.8 Å². The first-order chi connectivity index (χ1) is 41.1. The number of benzene rings is 1. The standard InChI is InChI=1S/C65H102FN9O12/c1-16-23-63(10)27-50(85-42(8)57(63)79)53-40(6)58(65(12,82-15)26-37(3)54(77)39(5)47(32-69-34-62(9)35-83-36-62)64(11,28-52(67)76)51(17-2)86-59(80)41(53)7)87-60-55(78)48(25-38(4)84-60)74(13)24-22-46-33-75(73-72-46)49(29-66)56(81-14)44-20-18-43(19-21-44)45-30-70-61(68)71-31-45/h16,18-21,23,30-31,33,37-42,47-51,53,55-58,60,69,78-79H,17,22,24-29,32,34-36H2,1-15H3,(H2,67,76)(H2,68,70,71)/b23-16+/t37-,38-,39-,40+,41-,42+,47?,48+,49-,50?,51-,53+,55-,56-,57+,58-,60+,63-,64+,65-/m1/s1. The second-order valence-corrected chi connectivity index (χ2v) is 27.0. The number of aromatic nitrogens is 5. The highest BCUT2D eigenvalue weighted by Crippen LogP contribution is 2.50. The van der Waals surface area contributed by atoms with E-state index in [-0.39, 0.29) is 30.0 Å². The molecule has 20 atom stereocenters. The van der Waals surface area contributed by atoms with Gasteiger partial charge in [0.05, 0.1) is 60.9 Å². The highest BCUT2D eigenvalue weighted by atomic mass is 19.1. The molecule has 0 aliphatic carbocycles. The van der Waals surface area contributed by atoms with Crippen LogP contribution in [0.1, 0.15) is 139 Å². The fourth-order valence-corrected chi connectivity index (χ4v) is 15.0. The van der Waals surface area contributed by atoms with Crippen LogP contribution in [0.5, 0.6) is 0 Å². The molecule has 0 bridgehead atoms. The summed E-state index contributed by atoms with van der Waals surface area (Å²) in [6, 6.07) is 6.21. The summed E-state index contributed by atoms with van der Waals surface area (Å²) in [5, 5.41) is 36.8. The number of methoxy groups -OCH3 is 2. The predicted octanol–water partition coefficient (Wildman–Crippen LogP) is 7.04. The van der Waals surface area contributed by atoms with E-state index < -0.39 is 138 Å². The number of amides is 1. The van der Waals surface area contributed by atoms with Crippen molar-refractivity contribution in [1.82, 2.24) is 35.2 Å². The second-order valence-electron chi connectivity index (χ2n) is 27.0. The number of cyclic esters (lactones) is 1. The zero-order chi connectivity index (χ0) is 63.9. The van der Waals surface area contributed by atoms with Crippen molar-refractivity contribution in [3.05, 3.63) is 66.3 Å². The Kier molecular flexibility index (Phi) is 23.5. The van der Waals surface area contributed by atoms with Crippen molar-refractivity contribution in [3.63, 3.8) is 0 Å². The number of primary amides is 1. The van der Waals surface area contributed by atoms with Crippen molar-refractivity contribution >= 4 is 23.6 Å². The number of nitrogens with zero attached hydrogens (tertiary/aromatic N) is 6. The maximum absolute atomic E-state index is 15.4. The first-order valence-corrected chi connectivity index (χ1v) is 31.3. The van der Waals surface area contributed by atoms with Gasteiger partial charge in [-0.15, -0.1) is 5.10 Å². The number of alkyl halides is 1. The van der Waals surface area contributed by atoms with Crippen LogP contribution in [-0.4, -0.2) is 179 Å². The number of hydrogen-bond acceptors (Lipinski definition) is 19. The maximum Gasteiger partial charge on any atom is 0.309 e. The van der Waals surface area contributed by atoms with Crippen LogP contribution < -0.4 is 16.8 Å². The molecule has 21 nitrogen and oxygen atoms in total. The number of rotatable bonds is 22. The SMILES string of the molecule is C/C=C/[C@]1(C)CC([C@H]2[C@H](C)[C@@H](O[C@@H]3O[C@H](C)C[C@H](N(C)CCc4cn([C@H](CF)[C@H](OC)c5ccc(-c6cnc(N)nc6)cc5)nn4)[C@H]3O)[C@](C)(OC)C[C@@H](C)C(=O)[C@H](C)C(CNCC3(C)COC3)[C@](C)(CC(N)=O)[C@@H](CC)OC(=O)[C@@H]2C)O[C@@H](C)[C@@H]1O. The van der Waals surface area contributed by atoms with E-state index in [1.54, 1.807) is 25.7 Å². The predicted molar refractivity (Wildman–Crippen MR) is 327 cm³/mol. The van der Waals surface area contributed by atoms with Crippen LogP contribution in [0, 0.1) is 51.8 Å². The third kappa shape index (κ3) is 15.7. The molecular weight excluding hydrogens is 1120 g/mol. The molecule has 22 heteroatoms. The number of esters is 1. The molecule has 2 unspecified atom stereocenters. The summed E-state index contributed by atoms with van der Waals surface area (Å²) in [7, 11) is 5.03. The number of halogens is 1. The summed E-state index contributed by atoms with van der Waals surface area (Å²) in [5.41, 5.74) is 11.6. The van der Waals surface area contributed by atoms with Gasteiger partial charge in [0.1, 0.15) is 36.8 Å². The van der Waals surface area contributed by atoms with Gasteiger partial charge in [0.25, 0.3) is 0 Å². The first kappa shape index (κ1) is 69.6. The van der Waals surface area contributed by atoms with Crippen molar-refractivity contribution in [3.8, 4) is 11.1 Å². The van der Waals surface area contributed by atoms with E-state index in [2.05, 4.69) is 32.5 Å². The molecule has 0 radical (unpaired) electrons. The van der Waals surface area contributed by atoms with Gasteiger partial charge in [-0.3, -0.25) is 14.4 Å². The zero-order valence-electron chi connectivity index (χ0n) is 54.2. The number of Topliss-reactive ketones (excluding diaryl/α,β-unsaturated/α-hetero) is 1. The Balaban J connectivity index is 1.20. The highest BCUT2D eigenvalue weighted by Gasteiger charge is 2.56. The van der Waals surface area contributed by atoms with Gasteiger partial charge in [-0.2, -0.15) is 0 Å². The minimum absolute atomic E-state index is 0.0750. The number of nitrogens with two attached hydrogens (primary N) is 2. The lowest BCUT2D eigenvalue weighted by Crippen LogP contribution is -2.61. The molecule has 0 saturated carbocycles. The lowest BCUT2D eigenvalue weighted by Gasteiger charge is -2.52. The zero-order valence-corrected chi connectivity index (χ0v) is 54.2. The Morgan fingerprint density at radius 2 is 1.67 bits per heavy atom. The Hall–Kier alpha value is -4.88. The summed E-state index contributed by atoms with van der Waals surface area (Å²) >= 11 is 0. The number of hydrogen-bond donors (Lipinski definition) is 5. The molecule has 87 heavy (non-hydrogen) atoms. The van der Waals surface area contributed by atoms with E-state index in [9.17, 15) is 15.0 Å². The number of carbonyl (C=O) groups is 3. The molecule has 1 amide bonds. The van der Waals surface area contributed by atoms with Gasteiger partial charge >= 0.3 is 5.97 Å². The van der Waals surface area contributed by atoms with Crippen LogP contribution in [0.3, 0.4) is 0 Å². The van der Waals surface area contributed by atoms with E-state index >= 15 is 14.0 Å². The first-order valence-electron chi connectivity index (χ1n) is 31.3. The Labute approximate surface area is 514 Å². The van der Waals surface area contributed by atoms with Crippen molar-refractivity contribution in [1.29, 1.82) is 0 Å². The summed E-state index contributed by atoms with van der Waals surface area (Å²) in [4.78, 5) is 54.3. The fourth-order valence-electron chi connectivity index (χ4n) is 15.0. The Morgan fingerprint density at radius 1 is 0.989 bits per heavy atom. The number of carbonyl (C=O) groups excluding carboxylic acids is 3. The van der Waals surface area contributed by atoms with Crippen molar-refractivity contribution in [2.24, 2.45) is 57.5 Å². The van der Waals surface area contributed by atoms with Gasteiger partial charge in [-0.05, 0) is 89.9 Å². The second kappa shape index (κ2) is 29.4. The number of nitrogen functional groups attached to an aromatic ring is 1. The third-order valence-corrected chi connectivity index (χ3v) is 20.1. The van der Waals surface area contributed by atoms with Gasteiger partial charge in [0.2, 0.25) is 11.9 Å². The topological polar surface area (TPSA) is 280 Å². The normalized spacial score (nSPS) is 36.2. The van der Waals surface area contributed by atoms with Crippen molar-refractivity contribution in [2.75, 3.05) is 66.5 Å². The molecule has 486 valence electrons. The Bertz CT molecular complexity index is 2760. The van der Waals surface area contributed by atoms with E-state index in [1.807, 2.05) is 125 Å². The van der Waals surface area contributed by atoms with Crippen LogP contribution in [0.25, 0.3) is 11.1 Å². The maximum atomic E-state index is 15.4. The molecular formula is C65H102FN9O12. The van der Waals surface area contributed by atoms with Gasteiger partial charge in [0.15, 0.2) is 6.29 Å². The highest BCUT2D eigenvalue weighted by molar-refractivity contribution is 5.83. The van der Waals surface area contributed by atoms with E-state index in [0.29, 0.717) is 64.2 Å². The fraction of sp³-hybridized carbons (Fsp3) is 0.738. The lowest BCUT2D eigenvalue weighted by molar-refractivity contribution is -0.303. The summed E-state index contributed by atoms with van der Waals surface area (Å²) in [5.74, 6) is -5.05. The number of anilines is 1. The average Bonchev–Trinajstić information content (AvgIpc) is 1.57. The molecule has 0 spiro atoms.